The highest BCUT2D eigenvalue weighted by molar-refractivity contribution is 8.69. The van der Waals surface area contributed by atoms with Crippen LogP contribution in [0.2, 0.25) is 0 Å². The third-order valence-corrected chi connectivity index (χ3v) is 6.28. The van der Waals surface area contributed by atoms with Gasteiger partial charge in [-0.25, -0.2) is 0 Å². The van der Waals surface area contributed by atoms with Gasteiger partial charge in [-0.3, -0.25) is 4.55 Å². The fraction of sp³-hybridized carbons (Fsp3) is 1.00. The Morgan fingerprint density at radius 2 is 1.12 bits per heavy atom. The van der Waals surface area contributed by atoms with E-state index in [2.05, 4.69) is 12.2 Å². The second-order valence-electron chi connectivity index (χ2n) is 6.60. The maximum absolute atomic E-state index is 10.5. The Hall–Kier alpha value is 0.220. The van der Waals surface area contributed by atoms with Gasteiger partial charge in [-0.05, 0) is 23.8 Å². The molecular weight excluding hydrogens is 342 g/mol. The van der Waals surface area contributed by atoms with Crippen LogP contribution in [0.1, 0.15) is 96.8 Å². The third-order valence-electron chi connectivity index (χ3n) is 4.22. The molecule has 0 radical (unpaired) electrons. The van der Waals surface area contributed by atoms with Crippen molar-refractivity contribution in [3.8, 4) is 0 Å². The zero-order valence-corrected chi connectivity index (χ0v) is 17.2. The number of hydrogen-bond donors (Lipinski definition) is 2. The Kier molecular flexibility index (Phi) is 18.2. The van der Waals surface area contributed by atoms with Gasteiger partial charge in [-0.1, -0.05) is 90.4 Å². The van der Waals surface area contributed by atoms with Crippen LogP contribution in [0.4, 0.5) is 0 Å². The minimum atomic E-state index is -3.87. The van der Waals surface area contributed by atoms with Crippen molar-refractivity contribution >= 4 is 19.9 Å². The van der Waals surface area contributed by atoms with Crippen molar-refractivity contribution in [3.05, 3.63) is 0 Å². The summed E-state index contributed by atoms with van der Waals surface area (Å²) in [5.74, 6) is 0.400. The average Bonchev–Trinajstić information content (AvgIpc) is 2.52. The molecule has 0 fully saturated rings. The van der Waals surface area contributed by atoms with E-state index in [9.17, 15) is 8.42 Å². The Balaban J connectivity index is 3.03. The predicted molar refractivity (Wildman–Crippen MR) is 107 cm³/mol. The summed E-state index contributed by atoms with van der Waals surface area (Å²) in [7, 11) is -3.28. The second kappa shape index (κ2) is 18.0. The van der Waals surface area contributed by atoms with E-state index in [1.165, 1.54) is 83.5 Å². The maximum atomic E-state index is 10.5. The normalized spacial score (nSPS) is 11.9. The second-order valence-corrected chi connectivity index (χ2v) is 10.1. The first-order valence-electron chi connectivity index (χ1n) is 9.89. The fourth-order valence-corrected chi connectivity index (χ4v) is 4.11. The Morgan fingerprint density at radius 1 is 0.708 bits per heavy atom. The molecule has 0 heterocycles. The molecule has 4 nitrogen and oxygen atoms in total. The van der Waals surface area contributed by atoms with Crippen LogP contribution in [0.3, 0.4) is 0 Å². The third kappa shape index (κ3) is 22.2. The van der Waals surface area contributed by atoms with Crippen molar-refractivity contribution in [3.63, 3.8) is 0 Å². The lowest BCUT2D eigenvalue weighted by Gasteiger charge is -2.04. The summed E-state index contributed by atoms with van der Waals surface area (Å²) in [5, 5.41) is 3.20. The van der Waals surface area contributed by atoms with E-state index < -0.39 is 9.15 Å². The zero-order chi connectivity index (χ0) is 17.9. The standard InChI is InChI=1S/C18H39NO3S2/c1-2-3-4-5-6-7-8-9-10-11-12-13-14-15-16-19-17-18-23-24(20,21)22/h19H,2-18H2,1H3,(H,20,21,22). The molecule has 0 amide bonds. The molecule has 0 atom stereocenters. The first-order chi connectivity index (χ1) is 11.6. The van der Waals surface area contributed by atoms with E-state index in [1.54, 1.807) is 0 Å². The van der Waals surface area contributed by atoms with Crippen LogP contribution >= 0.6 is 10.8 Å². The SMILES string of the molecule is CCCCCCCCCCCCCCCCNCCSS(=O)(=O)O. The van der Waals surface area contributed by atoms with Crippen LogP contribution < -0.4 is 5.32 Å². The van der Waals surface area contributed by atoms with Gasteiger partial charge in [-0.2, -0.15) is 8.42 Å². The number of hydrogen-bond acceptors (Lipinski definition) is 4. The molecule has 0 aliphatic carbocycles. The van der Waals surface area contributed by atoms with Crippen molar-refractivity contribution in [1.82, 2.24) is 5.32 Å². The van der Waals surface area contributed by atoms with E-state index in [0.717, 1.165) is 13.0 Å². The quantitative estimate of drug-likeness (QED) is 0.173. The molecule has 0 saturated heterocycles. The van der Waals surface area contributed by atoms with Crippen LogP contribution in [-0.2, 0) is 9.15 Å². The minimum Gasteiger partial charge on any atom is -0.316 e. The molecule has 6 heteroatoms. The average molecular weight is 382 g/mol. The molecule has 0 aromatic rings. The fourth-order valence-electron chi connectivity index (χ4n) is 2.79. The molecule has 0 bridgehead atoms. The van der Waals surface area contributed by atoms with E-state index in [-0.39, 0.29) is 0 Å². The van der Waals surface area contributed by atoms with E-state index >= 15 is 0 Å². The lowest BCUT2D eigenvalue weighted by atomic mass is 10.0. The number of nitrogens with one attached hydrogen (secondary N) is 1. The molecular formula is C18H39NO3S2. The topological polar surface area (TPSA) is 66.4 Å². The Bertz CT molecular complexity index is 348. The largest absolute Gasteiger partial charge is 0.319 e. The molecule has 0 aromatic carbocycles. The number of unbranched alkanes of at least 4 members (excludes halogenated alkanes) is 13. The molecule has 0 spiro atoms. The highest BCUT2D eigenvalue weighted by atomic mass is 33.1. The van der Waals surface area contributed by atoms with Gasteiger partial charge in [0, 0.05) is 12.3 Å². The summed E-state index contributed by atoms with van der Waals surface area (Å²) >= 11 is 0. The summed E-state index contributed by atoms with van der Waals surface area (Å²) < 4.78 is 29.5. The van der Waals surface area contributed by atoms with Crippen molar-refractivity contribution in [1.29, 1.82) is 0 Å². The molecule has 0 saturated carbocycles. The van der Waals surface area contributed by atoms with Gasteiger partial charge in [0.1, 0.15) is 0 Å². The molecule has 0 rings (SSSR count). The summed E-state index contributed by atoms with van der Waals surface area (Å²) in [5.41, 5.74) is 0. The van der Waals surface area contributed by atoms with E-state index in [4.69, 9.17) is 4.55 Å². The van der Waals surface area contributed by atoms with Crippen LogP contribution in [-0.4, -0.2) is 31.8 Å². The van der Waals surface area contributed by atoms with Gasteiger partial charge in [0.05, 0.1) is 0 Å². The molecule has 146 valence electrons. The van der Waals surface area contributed by atoms with Crippen LogP contribution in [0.5, 0.6) is 0 Å². The number of rotatable bonds is 19. The lowest BCUT2D eigenvalue weighted by molar-refractivity contribution is 0.503. The van der Waals surface area contributed by atoms with Gasteiger partial charge in [-0.15, -0.1) is 0 Å². The maximum Gasteiger partial charge on any atom is 0.319 e. The summed E-state index contributed by atoms with van der Waals surface area (Å²) in [6.07, 6.45) is 19.1. The van der Waals surface area contributed by atoms with Crippen molar-refractivity contribution in [2.24, 2.45) is 0 Å². The molecule has 2 N–H and O–H groups in total. The predicted octanol–water partition coefficient (Wildman–Crippen LogP) is 5.59. The van der Waals surface area contributed by atoms with Gasteiger partial charge >= 0.3 is 9.15 Å². The van der Waals surface area contributed by atoms with Crippen molar-refractivity contribution in [2.75, 3.05) is 18.8 Å². The van der Waals surface area contributed by atoms with Gasteiger partial charge in [0.25, 0.3) is 0 Å². The highest BCUT2D eigenvalue weighted by Gasteiger charge is 2.03. The summed E-state index contributed by atoms with van der Waals surface area (Å²) in [6.45, 7) is 3.83. The first-order valence-corrected chi connectivity index (χ1v) is 12.8. The zero-order valence-electron chi connectivity index (χ0n) is 15.6. The van der Waals surface area contributed by atoms with Crippen molar-refractivity contribution < 1.29 is 13.0 Å². The molecule has 0 unspecified atom stereocenters. The Labute approximate surface area is 154 Å². The lowest BCUT2D eigenvalue weighted by Crippen LogP contribution is -2.18. The van der Waals surface area contributed by atoms with Crippen LogP contribution in [0, 0.1) is 0 Å². The highest BCUT2D eigenvalue weighted by Crippen LogP contribution is 2.12. The van der Waals surface area contributed by atoms with E-state index in [0.29, 0.717) is 23.1 Å². The van der Waals surface area contributed by atoms with Crippen LogP contribution in [0.15, 0.2) is 0 Å². The summed E-state index contributed by atoms with van der Waals surface area (Å²) in [4.78, 5) is 0. The first kappa shape index (κ1) is 24.2. The smallest absolute Gasteiger partial charge is 0.316 e. The molecule has 0 aliphatic rings. The van der Waals surface area contributed by atoms with Gasteiger partial charge in [0.2, 0.25) is 0 Å². The van der Waals surface area contributed by atoms with Gasteiger partial charge < -0.3 is 5.32 Å². The Morgan fingerprint density at radius 3 is 1.54 bits per heavy atom. The monoisotopic (exact) mass is 381 g/mol. The molecule has 0 aliphatic heterocycles. The van der Waals surface area contributed by atoms with Crippen LogP contribution in [0.25, 0.3) is 0 Å². The van der Waals surface area contributed by atoms with Gasteiger partial charge in [0.15, 0.2) is 0 Å². The molecule has 0 aromatic heterocycles. The minimum absolute atomic E-state index is 0.400. The molecule has 24 heavy (non-hydrogen) atoms. The van der Waals surface area contributed by atoms with E-state index in [1.807, 2.05) is 0 Å². The van der Waals surface area contributed by atoms with Crippen molar-refractivity contribution in [2.45, 2.75) is 96.8 Å². The summed E-state index contributed by atoms with van der Waals surface area (Å²) in [6, 6.07) is 0.